The monoisotopic (exact) mass is 248 g/mol. The normalized spacial score (nSPS) is 12.6. The second-order valence-corrected chi connectivity index (χ2v) is 5.06. The SMILES string of the molecule is CCC(CN)C(=O)Nc1cc(C(C)C)ccc1C. The molecule has 0 heterocycles. The number of nitrogens with two attached hydrogens (primary N) is 1. The Labute approximate surface area is 110 Å². The Bertz CT molecular complexity index is 409. The van der Waals surface area contributed by atoms with Gasteiger partial charge in [-0.25, -0.2) is 0 Å². The number of carbonyl (C=O) groups is 1. The summed E-state index contributed by atoms with van der Waals surface area (Å²) in [6.45, 7) is 8.67. The van der Waals surface area contributed by atoms with Gasteiger partial charge >= 0.3 is 0 Å². The summed E-state index contributed by atoms with van der Waals surface area (Å²) in [4.78, 5) is 12.0. The van der Waals surface area contributed by atoms with Crippen LogP contribution < -0.4 is 11.1 Å². The Balaban J connectivity index is 2.89. The molecule has 0 aliphatic rings. The van der Waals surface area contributed by atoms with E-state index in [0.717, 1.165) is 17.7 Å². The fourth-order valence-corrected chi connectivity index (χ4v) is 1.83. The van der Waals surface area contributed by atoms with E-state index in [4.69, 9.17) is 5.73 Å². The highest BCUT2D eigenvalue weighted by Gasteiger charge is 2.15. The van der Waals surface area contributed by atoms with E-state index in [1.807, 2.05) is 19.9 Å². The first-order chi connectivity index (χ1) is 8.49. The molecule has 0 saturated heterocycles. The van der Waals surface area contributed by atoms with Crippen molar-refractivity contribution in [3.8, 4) is 0 Å². The van der Waals surface area contributed by atoms with E-state index in [-0.39, 0.29) is 11.8 Å². The summed E-state index contributed by atoms with van der Waals surface area (Å²) in [5.41, 5.74) is 8.81. The zero-order valence-corrected chi connectivity index (χ0v) is 11.8. The molecule has 0 spiro atoms. The highest BCUT2D eigenvalue weighted by atomic mass is 16.1. The Morgan fingerprint density at radius 3 is 2.56 bits per heavy atom. The molecule has 100 valence electrons. The largest absolute Gasteiger partial charge is 0.330 e. The summed E-state index contributed by atoms with van der Waals surface area (Å²) in [6.07, 6.45) is 0.769. The number of carbonyl (C=O) groups excluding carboxylic acids is 1. The maximum atomic E-state index is 12.0. The smallest absolute Gasteiger partial charge is 0.228 e. The Morgan fingerprint density at radius 1 is 1.39 bits per heavy atom. The van der Waals surface area contributed by atoms with E-state index in [1.165, 1.54) is 5.56 Å². The molecule has 1 aromatic rings. The second-order valence-electron chi connectivity index (χ2n) is 5.06. The van der Waals surface area contributed by atoms with Gasteiger partial charge in [-0.05, 0) is 36.5 Å². The molecule has 0 bridgehead atoms. The third-order valence-electron chi connectivity index (χ3n) is 3.33. The van der Waals surface area contributed by atoms with Crippen molar-refractivity contribution in [1.82, 2.24) is 0 Å². The number of amides is 1. The van der Waals surface area contributed by atoms with Gasteiger partial charge in [0.25, 0.3) is 0 Å². The minimum absolute atomic E-state index is 0.0176. The van der Waals surface area contributed by atoms with Crippen LogP contribution in [-0.2, 0) is 4.79 Å². The molecule has 3 heteroatoms. The fourth-order valence-electron chi connectivity index (χ4n) is 1.83. The molecule has 0 saturated carbocycles. The number of rotatable bonds is 5. The second kappa shape index (κ2) is 6.55. The quantitative estimate of drug-likeness (QED) is 0.841. The van der Waals surface area contributed by atoms with Gasteiger partial charge in [-0.15, -0.1) is 0 Å². The van der Waals surface area contributed by atoms with E-state index in [0.29, 0.717) is 12.5 Å². The van der Waals surface area contributed by atoms with E-state index < -0.39 is 0 Å². The molecule has 1 atom stereocenters. The standard InChI is InChI=1S/C15H24N2O/c1-5-12(9-16)15(18)17-14-8-13(10(2)3)7-6-11(14)4/h6-8,10,12H,5,9,16H2,1-4H3,(H,17,18). The molecule has 3 N–H and O–H groups in total. The average Bonchev–Trinajstić information content (AvgIpc) is 2.33. The lowest BCUT2D eigenvalue weighted by atomic mass is 10.00. The van der Waals surface area contributed by atoms with E-state index in [1.54, 1.807) is 0 Å². The molecule has 1 aromatic carbocycles. The van der Waals surface area contributed by atoms with Crippen molar-refractivity contribution in [2.24, 2.45) is 11.7 Å². The summed E-state index contributed by atoms with van der Waals surface area (Å²) in [5.74, 6) is 0.369. The number of hydrogen-bond acceptors (Lipinski definition) is 2. The Kier molecular flexibility index (Phi) is 5.35. The van der Waals surface area contributed by atoms with Gasteiger partial charge in [0.1, 0.15) is 0 Å². The predicted octanol–water partition coefficient (Wildman–Crippen LogP) is 3.04. The maximum absolute atomic E-state index is 12.0. The van der Waals surface area contributed by atoms with Crippen molar-refractivity contribution in [2.75, 3.05) is 11.9 Å². The van der Waals surface area contributed by atoms with E-state index in [2.05, 4.69) is 31.3 Å². The third-order valence-corrected chi connectivity index (χ3v) is 3.33. The molecule has 0 aliphatic carbocycles. The first-order valence-corrected chi connectivity index (χ1v) is 6.61. The first kappa shape index (κ1) is 14.7. The van der Waals surface area contributed by atoms with Gasteiger partial charge in [-0.1, -0.05) is 32.9 Å². The highest BCUT2D eigenvalue weighted by molar-refractivity contribution is 5.93. The Morgan fingerprint density at radius 2 is 2.06 bits per heavy atom. The molecule has 1 unspecified atom stereocenters. The van der Waals surface area contributed by atoms with Crippen molar-refractivity contribution < 1.29 is 4.79 Å². The average molecular weight is 248 g/mol. The van der Waals surface area contributed by atoms with Gasteiger partial charge in [0.05, 0.1) is 5.92 Å². The Hall–Kier alpha value is -1.35. The van der Waals surface area contributed by atoms with E-state index >= 15 is 0 Å². The summed E-state index contributed by atoms with van der Waals surface area (Å²) in [5, 5.41) is 2.99. The molecule has 0 radical (unpaired) electrons. The number of anilines is 1. The highest BCUT2D eigenvalue weighted by Crippen LogP contribution is 2.23. The third kappa shape index (κ3) is 3.57. The van der Waals surface area contributed by atoms with Crippen molar-refractivity contribution in [1.29, 1.82) is 0 Å². The van der Waals surface area contributed by atoms with Crippen LogP contribution in [0.15, 0.2) is 18.2 Å². The van der Waals surface area contributed by atoms with E-state index in [9.17, 15) is 4.79 Å². The molecule has 0 aromatic heterocycles. The van der Waals surface area contributed by atoms with Crippen molar-refractivity contribution in [2.45, 2.75) is 40.0 Å². The van der Waals surface area contributed by atoms with Crippen LogP contribution in [0.4, 0.5) is 5.69 Å². The molecule has 1 rings (SSSR count). The minimum Gasteiger partial charge on any atom is -0.330 e. The van der Waals surface area contributed by atoms with Gasteiger partial charge in [-0.2, -0.15) is 0 Å². The number of hydrogen-bond donors (Lipinski definition) is 2. The molecule has 0 fully saturated rings. The van der Waals surface area contributed by atoms with Crippen LogP contribution in [0.2, 0.25) is 0 Å². The minimum atomic E-state index is -0.105. The van der Waals surface area contributed by atoms with Gasteiger partial charge < -0.3 is 11.1 Å². The van der Waals surface area contributed by atoms with Crippen LogP contribution in [-0.4, -0.2) is 12.5 Å². The molecular weight excluding hydrogens is 224 g/mol. The lowest BCUT2D eigenvalue weighted by Gasteiger charge is -2.16. The summed E-state index contributed by atoms with van der Waals surface area (Å²) >= 11 is 0. The molecule has 1 amide bonds. The first-order valence-electron chi connectivity index (χ1n) is 6.61. The van der Waals surface area contributed by atoms with Crippen LogP contribution >= 0.6 is 0 Å². The van der Waals surface area contributed by atoms with Crippen molar-refractivity contribution in [3.63, 3.8) is 0 Å². The topological polar surface area (TPSA) is 55.1 Å². The molecule has 3 nitrogen and oxygen atoms in total. The van der Waals surface area contributed by atoms with Crippen LogP contribution in [0.5, 0.6) is 0 Å². The van der Waals surface area contributed by atoms with Crippen molar-refractivity contribution >= 4 is 11.6 Å². The van der Waals surface area contributed by atoms with Crippen LogP contribution in [0.25, 0.3) is 0 Å². The van der Waals surface area contributed by atoms with Gasteiger partial charge in [0.2, 0.25) is 5.91 Å². The van der Waals surface area contributed by atoms with Crippen LogP contribution in [0.1, 0.15) is 44.2 Å². The fraction of sp³-hybridized carbons (Fsp3) is 0.533. The van der Waals surface area contributed by atoms with Gasteiger partial charge in [0, 0.05) is 12.2 Å². The number of benzene rings is 1. The number of aryl methyl sites for hydroxylation is 1. The zero-order chi connectivity index (χ0) is 13.7. The molecule has 0 aliphatic heterocycles. The van der Waals surface area contributed by atoms with Crippen LogP contribution in [0.3, 0.4) is 0 Å². The van der Waals surface area contributed by atoms with Gasteiger partial charge in [-0.3, -0.25) is 4.79 Å². The predicted molar refractivity (Wildman–Crippen MR) is 76.7 cm³/mol. The lowest BCUT2D eigenvalue weighted by molar-refractivity contribution is -0.119. The van der Waals surface area contributed by atoms with Gasteiger partial charge in [0.15, 0.2) is 0 Å². The number of nitrogens with one attached hydrogen (secondary N) is 1. The molecule has 18 heavy (non-hydrogen) atoms. The summed E-state index contributed by atoms with van der Waals surface area (Å²) in [7, 11) is 0. The molecular formula is C15H24N2O. The zero-order valence-electron chi connectivity index (χ0n) is 11.8. The van der Waals surface area contributed by atoms with Crippen molar-refractivity contribution in [3.05, 3.63) is 29.3 Å². The van der Waals surface area contributed by atoms with Crippen LogP contribution in [0, 0.1) is 12.8 Å². The maximum Gasteiger partial charge on any atom is 0.228 e. The summed E-state index contributed by atoms with van der Waals surface area (Å²) < 4.78 is 0. The summed E-state index contributed by atoms with van der Waals surface area (Å²) in [6, 6.07) is 6.21. The lowest BCUT2D eigenvalue weighted by Crippen LogP contribution is -2.28.